The van der Waals surface area contributed by atoms with Crippen LogP contribution >= 0.6 is 34.8 Å². The van der Waals surface area contributed by atoms with Crippen LogP contribution in [0.4, 0.5) is 45.5 Å². The first kappa shape index (κ1) is 61.5. The number of hydrogen-bond acceptors (Lipinski definition) is 9. The molecule has 0 bridgehead atoms. The maximum absolute atomic E-state index is 11.2. The minimum atomic E-state index is -0.382. The van der Waals surface area contributed by atoms with E-state index in [1.165, 1.54) is 28.3 Å². The van der Waals surface area contributed by atoms with E-state index < -0.39 is 0 Å². The van der Waals surface area contributed by atoms with Crippen LogP contribution in [0.2, 0.25) is 15.1 Å². The second-order valence-electron chi connectivity index (χ2n) is 20.6. The minimum Gasteiger partial charge on any atom is -0.491 e. The van der Waals surface area contributed by atoms with Gasteiger partial charge in [-0.15, -0.1) is 0 Å². The third-order valence-corrected chi connectivity index (χ3v) is 13.3. The molecule has 0 heterocycles. The molecular weight excluding hydrogens is 1090 g/mol. The minimum absolute atomic E-state index is 0.0650. The molecule has 424 valence electrons. The molecule has 0 aliphatic carbocycles. The fourth-order valence-electron chi connectivity index (χ4n) is 8.80. The van der Waals surface area contributed by atoms with Crippen LogP contribution in [0.25, 0.3) is 0 Å². The van der Waals surface area contributed by atoms with Crippen molar-refractivity contribution in [3.63, 3.8) is 0 Å². The molecule has 0 fully saturated rings. The van der Waals surface area contributed by atoms with Crippen LogP contribution < -0.4 is 35.9 Å². The normalized spacial score (nSPS) is 10.8. The molecule has 0 atom stereocenters. The first-order valence-corrected chi connectivity index (χ1v) is 28.7. The zero-order chi connectivity index (χ0) is 58.5. The summed E-state index contributed by atoms with van der Waals surface area (Å²) in [6.07, 6.45) is 4.88. The maximum atomic E-state index is 11.2. The van der Waals surface area contributed by atoms with Gasteiger partial charge in [-0.2, -0.15) is 0 Å². The van der Waals surface area contributed by atoms with Crippen LogP contribution in [0, 0.1) is 10.1 Å². The molecule has 0 saturated heterocycles. The number of rotatable bonds is 21. The van der Waals surface area contributed by atoms with Gasteiger partial charge in [0.25, 0.3) is 5.69 Å². The van der Waals surface area contributed by atoms with Gasteiger partial charge in [-0.3, -0.25) is 10.1 Å². The standard InChI is InChI=1S/C25H28ClNO.C22H21ClN2O3.C22H23ClN2O/c1-4-5-19-8-15-25(21(16-19)17-20-6-9-22(26)10-7-20)27-23-11-13-24(14-12-23)28-18(2)3;1-15(2)28-21-10-7-19(8-11-21)24-22-12-9-20(25(26)27)14-17(22)13-16-3-5-18(23)6-4-16;1-15(2)26-21-10-8-20(9-11-21)25-22-12-7-19(24)14-17(22)13-16-3-5-18(23)6-4-16/h6-16,18,27H,4-5,17H2,1-3H3;3-12,14-15,24H,13H2,1-2H3;3-12,14-15,25H,13,24H2,1-2H3. The third kappa shape index (κ3) is 20.1. The summed E-state index contributed by atoms with van der Waals surface area (Å²) in [5, 5.41) is 23.8. The summed E-state index contributed by atoms with van der Waals surface area (Å²) in [5.41, 5.74) is 20.8. The molecule has 0 radical (unpaired) electrons. The molecule has 13 heteroatoms. The molecule has 10 nitrogen and oxygen atoms in total. The molecule has 5 N–H and O–H groups in total. The fraction of sp³-hybridized carbons (Fsp3) is 0.217. The molecule has 0 unspecified atom stereocenters. The van der Waals surface area contributed by atoms with Gasteiger partial charge in [-0.25, -0.2) is 0 Å². The van der Waals surface area contributed by atoms with Gasteiger partial charge in [0.2, 0.25) is 0 Å². The average molecular weight is 1160 g/mol. The first-order chi connectivity index (χ1) is 39.4. The van der Waals surface area contributed by atoms with E-state index in [-0.39, 0.29) is 28.9 Å². The number of non-ortho nitro benzene ring substituents is 1. The van der Waals surface area contributed by atoms with Gasteiger partial charge in [-0.05, 0) is 246 Å². The quantitative estimate of drug-likeness (QED) is 0.0315. The highest BCUT2D eigenvalue weighted by atomic mass is 35.5. The molecule has 0 amide bonds. The second-order valence-corrected chi connectivity index (χ2v) is 21.9. The van der Waals surface area contributed by atoms with E-state index in [1.54, 1.807) is 12.1 Å². The lowest BCUT2D eigenvalue weighted by molar-refractivity contribution is -0.384. The van der Waals surface area contributed by atoms with Crippen molar-refractivity contribution in [1.29, 1.82) is 0 Å². The molecule has 0 saturated carbocycles. The van der Waals surface area contributed by atoms with E-state index in [1.807, 2.05) is 181 Å². The molecular formula is C69H72Cl3N5O5. The number of aryl methyl sites for hydroxylation is 1. The Labute approximate surface area is 498 Å². The predicted molar refractivity (Wildman–Crippen MR) is 344 cm³/mol. The second kappa shape index (κ2) is 30.6. The highest BCUT2D eigenvalue weighted by Gasteiger charge is 2.14. The topological polar surface area (TPSA) is 133 Å². The molecule has 9 aromatic carbocycles. The molecule has 82 heavy (non-hydrogen) atoms. The van der Waals surface area contributed by atoms with Crippen molar-refractivity contribution >= 4 is 80.3 Å². The van der Waals surface area contributed by atoms with Gasteiger partial charge in [0.05, 0.1) is 23.2 Å². The number of nitrogens with zero attached hydrogens (tertiary/aromatic N) is 1. The largest absolute Gasteiger partial charge is 0.491 e. The Balaban J connectivity index is 0.000000177. The van der Waals surface area contributed by atoms with Crippen molar-refractivity contribution in [3.8, 4) is 17.2 Å². The van der Waals surface area contributed by atoms with Crippen molar-refractivity contribution < 1.29 is 19.1 Å². The summed E-state index contributed by atoms with van der Waals surface area (Å²) >= 11 is 18.0. The summed E-state index contributed by atoms with van der Waals surface area (Å²) in [6, 6.07) is 64.7. The number of nitrogen functional groups attached to an aromatic ring is 1. The summed E-state index contributed by atoms with van der Waals surface area (Å²) in [6.45, 7) is 14.3. The number of hydrogen-bond donors (Lipinski definition) is 4. The van der Waals surface area contributed by atoms with E-state index in [0.717, 1.165) is 109 Å². The summed E-state index contributed by atoms with van der Waals surface area (Å²) in [7, 11) is 0. The maximum Gasteiger partial charge on any atom is 0.269 e. The molecule has 0 aliphatic rings. The number of nitrogens with one attached hydrogen (secondary N) is 3. The molecule has 9 aromatic rings. The predicted octanol–water partition coefficient (Wildman–Crippen LogP) is 19.8. The van der Waals surface area contributed by atoms with Crippen molar-refractivity contribution in [2.75, 3.05) is 21.7 Å². The highest BCUT2D eigenvalue weighted by Crippen LogP contribution is 2.32. The van der Waals surface area contributed by atoms with Crippen molar-refractivity contribution in [2.45, 2.75) is 98.9 Å². The highest BCUT2D eigenvalue weighted by molar-refractivity contribution is 6.31. The van der Waals surface area contributed by atoms with Crippen LogP contribution in [0.15, 0.2) is 200 Å². The van der Waals surface area contributed by atoms with E-state index in [9.17, 15) is 10.1 Å². The van der Waals surface area contributed by atoms with Crippen LogP contribution in [0.3, 0.4) is 0 Å². The Bertz CT molecular complexity index is 3430. The number of nitro benzene ring substituents is 1. The van der Waals surface area contributed by atoms with Crippen LogP contribution in [0.5, 0.6) is 17.2 Å². The average Bonchev–Trinajstić information content (AvgIpc) is 3.44. The van der Waals surface area contributed by atoms with Crippen LogP contribution in [-0.2, 0) is 25.7 Å². The van der Waals surface area contributed by atoms with Crippen molar-refractivity contribution in [1.82, 2.24) is 0 Å². The summed E-state index contributed by atoms with van der Waals surface area (Å²) < 4.78 is 17.1. The summed E-state index contributed by atoms with van der Waals surface area (Å²) in [4.78, 5) is 10.8. The summed E-state index contributed by atoms with van der Waals surface area (Å²) in [5.74, 6) is 2.55. The first-order valence-electron chi connectivity index (χ1n) is 27.6. The van der Waals surface area contributed by atoms with Gasteiger partial charge in [0, 0.05) is 67.0 Å². The van der Waals surface area contributed by atoms with Gasteiger partial charge >= 0.3 is 0 Å². The van der Waals surface area contributed by atoms with E-state index in [0.29, 0.717) is 11.4 Å². The number of benzene rings is 9. The van der Waals surface area contributed by atoms with Crippen LogP contribution in [-0.4, -0.2) is 23.2 Å². The van der Waals surface area contributed by atoms with Gasteiger partial charge < -0.3 is 35.9 Å². The van der Waals surface area contributed by atoms with E-state index in [2.05, 4.69) is 65.3 Å². The fourth-order valence-corrected chi connectivity index (χ4v) is 9.18. The molecule has 0 aliphatic heterocycles. The zero-order valence-corrected chi connectivity index (χ0v) is 49.8. The number of halogens is 3. The zero-order valence-electron chi connectivity index (χ0n) is 47.5. The molecule has 9 rings (SSSR count). The molecule has 0 spiro atoms. The van der Waals surface area contributed by atoms with E-state index >= 15 is 0 Å². The van der Waals surface area contributed by atoms with Crippen molar-refractivity contribution in [3.05, 3.63) is 264 Å². The van der Waals surface area contributed by atoms with Gasteiger partial charge in [0.1, 0.15) is 17.2 Å². The number of nitro groups is 1. The Morgan fingerprint density at radius 2 is 0.744 bits per heavy atom. The monoisotopic (exact) mass is 1160 g/mol. The van der Waals surface area contributed by atoms with Crippen molar-refractivity contribution in [2.24, 2.45) is 0 Å². The lowest BCUT2D eigenvalue weighted by atomic mass is 9.99. The Morgan fingerprint density at radius 1 is 0.427 bits per heavy atom. The number of nitrogens with two attached hydrogens (primary N) is 1. The van der Waals surface area contributed by atoms with Gasteiger partial charge in [0.15, 0.2) is 0 Å². The van der Waals surface area contributed by atoms with Gasteiger partial charge in [-0.1, -0.05) is 96.7 Å². The molecule has 0 aromatic heterocycles. The lowest BCUT2D eigenvalue weighted by Crippen LogP contribution is -2.05. The Kier molecular flexibility index (Phi) is 22.9. The SMILES string of the molecule is CC(C)Oc1ccc(Nc2ccc(N)cc2Cc2ccc(Cl)cc2)cc1.CC(C)Oc1ccc(Nc2ccc([N+](=O)[O-])cc2Cc2ccc(Cl)cc2)cc1.CCCc1ccc(Nc2ccc(OC(C)C)cc2)c(Cc2ccc(Cl)cc2)c1. The van der Waals surface area contributed by atoms with E-state index in [4.69, 9.17) is 54.7 Å². The number of anilines is 7. The Morgan fingerprint density at radius 3 is 1.09 bits per heavy atom. The van der Waals surface area contributed by atoms with Crippen LogP contribution in [0.1, 0.15) is 93.8 Å². The number of ether oxygens (including phenoxy) is 3. The smallest absolute Gasteiger partial charge is 0.269 e. The third-order valence-electron chi connectivity index (χ3n) is 12.6. The lowest BCUT2D eigenvalue weighted by Gasteiger charge is -2.15. The Hall–Kier alpha value is -8.15.